The molecule has 0 aromatic heterocycles. The van der Waals surface area contributed by atoms with Crippen LogP contribution in [0.15, 0.2) is 24.3 Å². The van der Waals surface area contributed by atoms with Gasteiger partial charge in [0.1, 0.15) is 0 Å². The van der Waals surface area contributed by atoms with Crippen LogP contribution in [0.4, 0.5) is 5.69 Å². The van der Waals surface area contributed by atoms with E-state index in [-0.39, 0.29) is 5.60 Å². The Morgan fingerprint density at radius 3 is 2.16 bits per heavy atom. The highest BCUT2D eigenvalue weighted by Gasteiger charge is 2.51. The van der Waals surface area contributed by atoms with Crippen molar-refractivity contribution in [1.29, 1.82) is 0 Å². The van der Waals surface area contributed by atoms with Gasteiger partial charge in [-0.3, -0.25) is 0 Å². The molecule has 0 radical (unpaired) electrons. The third kappa shape index (κ3) is 4.20. The molecule has 0 amide bonds. The number of hydrogen-bond acceptors (Lipinski definition) is 3. The molecule has 4 aliphatic carbocycles. The van der Waals surface area contributed by atoms with E-state index in [1.807, 2.05) is 0 Å². The van der Waals surface area contributed by atoms with E-state index in [2.05, 4.69) is 48.6 Å². The predicted molar refractivity (Wildman–Crippen MR) is 104 cm³/mol. The molecule has 0 spiro atoms. The van der Waals surface area contributed by atoms with E-state index in [9.17, 15) is 0 Å². The first kappa shape index (κ1) is 17.4. The smallest absolute Gasteiger partial charge is 0.0724 e. The maximum Gasteiger partial charge on any atom is 0.0724 e. The van der Waals surface area contributed by atoms with Gasteiger partial charge in [-0.2, -0.15) is 0 Å². The van der Waals surface area contributed by atoms with Crippen LogP contribution in [-0.4, -0.2) is 37.7 Å². The predicted octanol–water partition coefficient (Wildman–Crippen LogP) is 4.54. The molecule has 4 aliphatic rings. The van der Waals surface area contributed by atoms with Crippen molar-refractivity contribution in [1.82, 2.24) is 4.90 Å². The van der Waals surface area contributed by atoms with Crippen molar-refractivity contribution in [2.45, 2.75) is 57.2 Å². The summed E-state index contributed by atoms with van der Waals surface area (Å²) in [6.07, 6.45) is 9.59. The zero-order valence-electron chi connectivity index (χ0n) is 16.0. The highest BCUT2D eigenvalue weighted by molar-refractivity contribution is 5.44. The molecule has 5 rings (SSSR count). The van der Waals surface area contributed by atoms with Gasteiger partial charge >= 0.3 is 0 Å². The summed E-state index contributed by atoms with van der Waals surface area (Å²) < 4.78 is 6.57. The van der Waals surface area contributed by atoms with E-state index in [0.29, 0.717) is 0 Å². The van der Waals surface area contributed by atoms with Gasteiger partial charge in [0.2, 0.25) is 0 Å². The van der Waals surface area contributed by atoms with Crippen LogP contribution in [0, 0.1) is 17.8 Å². The Kier molecular flexibility index (Phi) is 5.06. The van der Waals surface area contributed by atoms with Gasteiger partial charge in [0, 0.05) is 12.2 Å². The average molecular weight is 343 g/mol. The number of nitrogens with zero attached hydrogens (tertiary/aromatic N) is 1. The number of hydrogen-bond donors (Lipinski definition) is 1. The molecule has 0 atom stereocenters. The largest absolute Gasteiger partial charge is 0.385 e. The van der Waals surface area contributed by atoms with E-state index in [0.717, 1.165) is 37.5 Å². The van der Waals surface area contributed by atoms with Crippen molar-refractivity contribution in [3.05, 3.63) is 29.8 Å². The van der Waals surface area contributed by atoms with Gasteiger partial charge in [-0.25, -0.2) is 0 Å². The summed E-state index contributed by atoms with van der Waals surface area (Å²) in [5.74, 6) is 2.87. The van der Waals surface area contributed by atoms with Crippen molar-refractivity contribution in [3.8, 4) is 0 Å². The third-order valence-electron chi connectivity index (χ3n) is 6.59. The lowest BCUT2D eigenvalue weighted by atomic mass is 9.54. The van der Waals surface area contributed by atoms with Crippen LogP contribution >= 0.6 is 0 Å². The standard InChI is InChI=1S/C22H34N2O/c1-24(2)9-3-8-23-21-6-4-17(5-7-21)16-25-22-13-18-10-19(14-22)12-20(11-18)15-22/h4-7,18-20,23H,3,8-16H2,1-2H3. The molecule has 1 N–H and O–H groups in total. The number of nitrogens with one attached hydrogen (secondary N) is 1. The van der Waals surface area contributed by atoms with Crippen LogP contribution in [0.5, 0.6) is 0 Å². The normalized spacial score (nSPS) is 33.2. The van der Waals surface area contributed by atoms with Gasteiger partial charge in [-0.1, -0.05) is 12.1 Å². The molecule has 25 heavy (non-hydrogen) atoms. The first-order valence-electron chi connectivity index (χ1n) is 10.2. The quantitative estimate of drug-likeness (QED) is 0.702. The number of rotatable bonds is 8. The summed E-state index contributed by atoms with van der Waals surface area (Å²) in [5.41, 5.74) is 2.75. The summed E-state index contributed by atoms with van der Waals surface area (Å²) in [7, 11) is 4.25. The van der Waals surface area contributed by atoms with Crippen molar-refractivity contribution < 1.29 is 4.74 Å². The monoisotopic (exact) mass is 342 g/mol. The maximum absolute atomic E-state index is 6.57. The minimum Gasteiger partial charge on any atom is -0.385 e. The lowest BCUT2D eigenvalue weighted by Gasteiger charge is -2.56. The molecule has 3 nitrogen and oxygen atoms in total. The Balaban J connectivity index is 1.26. The third-order valence-corrected chi connectivity index (χ3v) is 6.59. The van der Waals surface area contributed by atoms with Crippen LogP contribution in [0.3, 0.4) is 0 Å². The first-order chi connectivity index (χ1) is 12.1. The van der Waals surface area contributed by atoms with E-state index in [1.54, 1.807) is 0 Å². The zero-order chi connectivity index (χ0) is 17.3. The van der Waals surface area contributed by atoms with E-state index >= 15 is 0 Å². The molecular weight excluding hydrogens is 308 g/mol. The van der Waals surface area contributed by atoms with Crippen molar-refractivity contribution in [3.63, 3.8) is 0 Å². The van der Waals surface area contributed by atoms with Crippen LogP contribution in [0.1, 0.15) is 50.5 Å². The number of anilines is 1. The summed E-state index contributed by atoms with van der Waals surface area (Å²) in [4.78, 5) is 2.23. The minimum atomic E-state index is 0.220. The van der Waals surface area contributed by atoms with Gasteiger partial charge in [-0.15, -0.1) is 0 Å². The Bertz CT molecular complexity index is 531. The van der Waals surface area contributed by atoms with Crippen LogP contribution in [0.25, 0.3) is 0 Å². The van der Waals surface area contributed by atoms with E-state index < -0.39 is 0 Å². The molecule has 0 unspecified atom stereocenters. The Labute approximate surface area is 153 Å². The molecule has 0 saturated heterocycles. The average Bonchev–Trinajstić information content (AvgIpc) is 2.57. The van der Waals surface area contributed by atoms with Gasteiger partial charge in [0.25, 0.3) is 0 Å². The number of ether oxygens (including phenoxy) is 1. The Hall–Kier alpha value is -1.06. The van der Waals surface area contributed by atoms with E-state index in [4.69, 9.17) is 4.74 Å². The topological polar surface area (TPSA) is 24.5 Å². The van der Waals surface area contributed by atoms with Crippen molar-refractivity contribution in [2.75, 3.05) is 32.5 Å². The van der Waals surface area contributed by atoms with Crippen molar-refractivity contribution >= 4 is 5.69 Å². The SMILES string of the molecule is CN(C)CCCNc1ccc(COC23CC4CC(CC(C4)C2)C3)cc1. The molecule has 1 aromatic rings. The molecule has 4 bridgehead atoms. The zero-order valence-corrected chi connectivity index (χ0v) is 16.0. The van der Waals surface area contributed by atoms with Crippen LogP contribution < -0.4 is 5.32 Å². The maximum atomic E-state index is 6.57. The van der Waals surface area contributed by atoms with Gasteiger partial charge in [0.05, 0.1) is 12.2 Å². The van der Waals surface area contributed by atoms with Crippen molar-refractivity contribution in [2.24, 2.45) is 17.8 Å². The lowest BCUT2D eigenvalue weighted by molar-refractivity contribution is -0.168. The molecule has 4 saturated carbocycles. The highest BCUT2D eigenvalue weighted by Crippen LogP contribution is 2.57. The second kappa shape index (κ2) is 7.28. The fraction of sp³-hybridized carbons (Fsp3) is 0.727. The minimum absolute atomic E-state index is 0.220. The van der Waals surface area contributed by atoms with E-state index in [1.165, 1.54) is 56.2 Å². The fourth-order valence-electron chi connectivity index (χ4n) is 5.79. The summed E-state index contributed by atoms with van der Waals surface area (Å²) in [5, 5.41) is 3.51. The highest BCUT2D eigenvalue weighted by atomic mass is 16.5. The molecule has 138 valence electrons. The number of benzene rings is 1. The lowest BCUT2D eigenvalue weighted by Crippen LogP contribution is -2.51. The molecular formula is C22H34N2O. The molecule has 0 heterocycles. The van der Waals surface area contributed by atoms with Crippen LogP contribution in [0.2, 0.25) is 0 Å². The Morgan fingerprint density at radius 1 is 1.00 bits per heavy atom. The Morgan fingerprint density at radius 2 is 1.60 bits per heavy atom. The molecule has 0 aliphatic heterocycles. The molecule has 4 fully saturated rings. The summed E-state index contributed by atoms with van der Waals surface area (Å²) in [6.45, 7) is 2.94. The fourth-order valence-corrected chi connectivity index (χ4v) is 5.79. The molecule has 1 aromatic carbocycles. The summed E-state index contributed by atoms with van der Waals surface area (Å²) in [6, 6.07) is 8.87. The summed E-state index contributed by atoms with van der Waals surface area (Å²) >= 11 is 0. The van der Waals surface area contributed by atoms with Gasteiger partial charge in [0.15, 0.2) is 0 Å². The first-order valence-corrected chi connectivity index (χ1v) is 10.2. The van der Waals surface area contributed by atoms with Crippen LogP contribution in [-0.2, 0) is 11.3 Å². The van der Waals surface area contributed by atoms with Gasteiger partial charge in [-0.05, 0) is 101 Å². The second-order valence-electron chi connectivity index (χ2n) is 9.17. The van der Waals surface area contributed by atoms with Gasteiger partial charge < -0.3 is 15.0 Å². The molecule has 3 heteroatoms. The second-order valence-corrected chi connectivity index (χ2v) is 9.17.